The minimum Gasteiger partial charge on any atom is -0.357 e. The van der Waals surface area contributed by atoms with Gasteiger partial charge in [0, 0.05) is 31.7 Å². The number of hydrogen-bond acceptors (Lipinski definition) is 3. The number of amides is 2. The van der Waals surface area contributed by atoms with Gasteiger partial charge in [-0.15, -0.1) is 24.0 Å². The summed E-state index contributed by atoms with van der Waals surface area (Å²) in [6.07, 6.45) is 5.87. The standard InChI is InChI=1S/C23H28F2N4O2.HI/c1-2-26-23(28-11-9-16-17(24)5-3-6-18(16)25)27-10-4-12-29-21(30)19-14-7-8-15(13-14)20(19)22(29)31;/h3,5-8,14-15,19-20H,2,4,9-13H2,1H3,(H2,26,27,28);1H. The number of carbonyl (C=O) groups is 2. The number of benzene rings is 1. The van der Waals surface area contributed by atoms with Crippen molar-refractivity contribution in [3.63, 3.8) is 0 Å². The second-order valence-corrected chi connectivity index (χ2v) is 8.32. The third-order valence-corrected chi connectivity index (χ3v) is 6.44. The van der Waals surface area contributed by atoms with Crippen molar-refractivity contribution in [3.8, 4) is 0 Å². The fourth-order valence-electron chi connectivity index (χ4n) is 5.02. The van der Waals surface area contributed by atoms with Crippen LogP contribution < -0.4 is 10.6 Å². The summed E-state index contributed by atoms with van der Waals surface area (Å²) in [5.41, 5.74) is 0.0471. The van der Waals surface area contributed by atoms with Gasteiger partial charge in [-0.1, -0.05) is 18.2 Å². The fraction of sp³-hybridized carbons (Fsp3) is 0.522. The number of fused-ring (bicyclic) bond motifs is 5. The van der Waals surface area contributed by atoms with E-state index in [1.165, 1.54) is 23.1 Å². The number of nitrogens with one attached hydrogen (secondary N) is 2. The lowest BCUT2D eigenvalue weighted by Crippen LogP contribution is -2.39. The quantitative estimate of drug-likeness (QED) is 0.129. The lowest BCUT2D eigenvalue weighted by atomic mass is 9.85. The van der Waals surface area contributed by atoms with Gasteiger partial charge in [-0.3, -0.25) is 19.5 Å². The molecule has 6 nitrogen and oxygen atoms in total. The van der Waals surface area contributed by atoms with Gasteiger partial charge >= 0.3 is 0 Å². The van der Waals surface area contributed by atoms with Gasteiger partial charge < -0.3 is 10.6 Å². The molecular weight excluding hydrogens is 529 g/mol. The SMILES string of the molecule is CCNC(=NCCCN1C(=O)C2C3C=CC(C3)C2C1=O)NCCc1c(F)cccc1F.I. The third kappa shape index (κ3) is 4.82. The molecule has 0 spiro atoms. The lowest BCUT2D eigenvalue weighted by molar-refractivity contribution is -0.140. The van der Waals surface area contributed by atoms with E-state index in [9.17, 15) is 18.4 Å². The molecule has 4 unspecified atom stereocenters. The zero-order valence-electron chi connectivity index (χ0n) is 18.0. The first-order valence-electron chi connectivity index (χ1n) is 11.0. The van der Waals surface area contributed by atoms with E-state index >= 15 is 0 Å². The molecule has 3 aliphatic rings. The second-order valence-electron chi connectivity index (χ2n) is 8.32. The van der Waals surface area contributed by atoms with Crippen LogP contribution in [0.2, 0.25) is 0 Å². The highest BCUT2D eigenvalue weighted by Crippen LogP contribution is 2.52. The molecule has 0 aromatic heterocycles. The molecule has 1 aromatic rings. The first kappa shape index (κ1) is 24.6. The van der Waals surface area contributed by atoms with Gasteiger partial charge in [0.05, 0.1) is 11.8 Å². The number of carbonyl (C=O) groups excluding carboxylic acids is 2. The van der Waals surface area contributed by atoms with Crippen LogP contribution in [0.3, 0.4) is 0 Å². The molecule has 32 heavy (non-hydrogen) atoms. The Kier molecular flexibility index (Phi) is 8.24. The number of guanidine groups is 1. The van der Waals surface area contributed by atoms with E-state index in [4.69, 9.17) is 0 Å². The Morgan fingerprint density at radius 3 is 2.31 bits per heavy atom. The molecule has 1 heterocycles. The molecule has 174 valence electrons. The summed E-state index contributed by atoms with van der Waals surface area (Å²) < 4.78 is 27.5. The maximum absolute atomic E-state index is 13.7. The fourth-order valence-corrected chi connectivity index (χ4v) is 5.02. The van der Waals surface area contributed by atoms with Crippen LogP contribution in [0.4, 0.5) is 8.78 Å². The number of rotatable bonds is 8. The van der Waals surface area contributed by atoms with Crippen molar-refractivity contribution in [3.05, 3.63) is 47.5 Å². The molecule has 2 N–H and O–H groups in total. The summed E-state index contributed by atoms with van der Waals surface area (Å²) >= 11 is 0. The van der Waals surface area contributed by atoms with Crippen LogP contribution >= 0.6 is 24.0 Å². The maximum Gasteiger partial charge on any atom is 0.233 e. The van der Waals surface area contributed by atoms with E-state index in [1.54, 1.807) is 0 Å². The molecule has 0 radical (unpaired) electrons. The zero-order valence-corrected chi connectivity index (χ0v) is 20.4. The van der Waals surface area contributed by atoms with Crippen molar-refractivity contribution in [1.82, 2.24) is 15.5 Å². The number of hydrogen-bond donors (Lipinski definition) is 2. The van der Waals surface area contributed by atoms with Gasteiger partial charge in [0.2, 0.25) is 11.8 Å². The average molecular weight is 558 g/mol. The molecule has 2 aliphatic carbocycles. The minimum atomic E-state index is -0.558. The molecule has 4 rings (SSSR count). The molecule has 9 heteroatoms. The van der Waals surface area contributed by atoms with Crippen LogP contribution in [0.15, 0.2) is 35.3 Å². The highest BCUT2D eigenvalue weighted by molar-refractivity contribution is 14.0. The monoisotopic (exact) mass is 558 g/mol. The maximum atomic E-state index is 13.7. The van der Waals surface area contributed by atoms with Gasteiger partial charge in [-0.2, -0.15) is 0 Å². The third-order valence-electron chi connectivity index (χ3n) is 6.44. The van der Waals surface area contributed by atoms with E-state index in [-0.39, 0.29) is 71.4 Å². The van der Waals surface area contributed by atoms with Crippen molar-refractivity contribution < 1.29 is 18.4 Å². The Bertz CT molecular complexity index is 873. The van der Waals surface area contributed by atoms with Crippen molar-refractivity contribution in [2.45, 2.75) is 26.2 Å². The topological polar surface area (TPSA) is 73.8 Å². The van der Waals surface area contributed by atoms with Crippen LogP contribution in [0, 0.1) is 35.3 Å². The Hall–Kier alpha value is -2.04. The van der Waals surface area contributed by atoms with E-state index in [0.29, 0.717) is 38.6 Å². The molecular formula is C23H29F2IN4O2. The van der Waals surface area contributed by atoms with Crippen molar-refractivity contribution in [2.75, 3.05) is 26.2 Å². The molecule has 1 aliphatic heterocycles. The predicted molar refractivity (Wildman–Crippen MR) is 129 cm³/mol. The Morgan fingerprint density at radius 2 is 1.72 bits per heavy atom. The molecule has 1 aromatic carbocycles. The summed E-state index contributed by atoms with van der Waals surface area (Å²) in [7, 11) is 0. The van der Waals surface area contributed by atoms with E-state index < -0.39 is 11.6 Å². The number of likely N-dealkylation sites (tertiary alicyclic amines) is 1. The number of nitrogens with zero attached hydrogens (tertiary/aromatic N) is 2. The normalized spacial score (nSPS) is 25.8. The number of imide groups is 1. The summed E-state index contributed by atoms with van der Waals surface area (Å²) in [6, 6.07) is 3.83. The smallest absolute Gasteiger partial charge is 0.233 e. The number of aliphatic imine (C=N–C) groups is 1. The first-order chi connectivity index (χ1) is 15.0. The zero-order chi connectivity index (χ0) is 22.0. The highest BCUT2D eigenvalue weighted by Gasteiger charge is 2.58. The molecule has 1 saturated heterocycles. The Morgan fingerprint density at radius 1 is 1.09 bits per heavy atom. The molecule has 2 fully saturated rings. The second kappa shape index (κ2) is 10.7. The molecule has 1 saturated carbocycles. The van der Waals surface area contributed by atoms with E-state index in [0.717, 1.165) is 6.42 Å². The average Bonchev–Trinajstić information content (AvgIpc) is 3.42. The van der Waals surface area contributed by atoms with Gasteiger partial charge in [0.25, 0.3) is 0 Å². The highest BCUT2D eigenvalue weighted by atomic mass is 127. The van der Waals surface area contributed by atoms with Crippen LogP contribution in [-0.2, 0) is 16.0 Å². The van der Waals surface area contributed by atoms with Crippen LogP contribution in [-0.4, -0.2) is 48.9 Å². The summed E-state index contributed by atoms with van der Waals surface area (Å²) in [6.45, 7) is 3.69. The lowest BCUT2D eigenvalue weighted by Gasteiger charge is -2.17. The van der Waals surface area contributed by atoms with Crippen LogP contribution in [0.25, 0.3) is 0 Å². The van der Waals surface area contributed by atoms with Crippen molar-refractivity contribution >= 4 is 41.8 Å². The summed E-state index contributed by atoms with van der Waals surface area (Å²) in [5.74, 6) is -0.531. The van der Waals surface area contributed by atoms with Gasteiger partial charge in [0.1, 0.15) is 11.6 Å². The number of allylic oxidation sites excluding steroid dienone is 2. The van der Waals surface area contributed by atoms with E-state index in [2.05, 4.69) is 27.8 Å². The van der Waals surface area contributed by atoms with Gasteiger partial charge in [-0.05, 0) is 50.2 Å². The van der Waals surface area contributed by atoms with Crippen molar-refractivity contribution in [2.24, 2.45) is 28.7 Å². The Balaban J connectivity index is 0.00000289. The van der Waals surface area contributed by atoms with Gasteiger partial charge in [-0.25, -0.2) is 8.78 Å². The Labute approximate surface area is 203 Å². The first-order valence-corrected chi connectivity index (χ1v) is 11.0. The molecule has 2 amide bonds. The van der Waals surface area contributed by atoms with E-state index in [1.807, 2.05) is 6.92 Å². The summed E-state index contributed by atoms with van der Waals surface area (Å²) in [5, 5.41) is 6.16. The minimum absolute atomic E-state index is 0. The molecule has 4 atom stereocenters. The van der Waals surface area contributed by atoms with Crippen molar-refractivity contribution in [1.29, 1.82) is 0 Å². The largest absolute Gasteiger partial charge is 0.357 e. The van der Waals surface area contributed by atoms with Crippen LogP contribution in [0.5, 0.6) is 0 Å². The van der Waals surface area contributed by atoms with Crippen LogP contribution in [0.1, 0.15) is 25.3 Å². The molecule has 2 bridgehead atoms. The predicted octanol–water partition coefficient (Wildman–Crippen LogP) is 2.88. The summed E-state index contributed by atoms with van der Waals surface area (Å²) in [4.78, 5) is 31.3. The number of halogens is 3. The van der Waals surface area contributed by atoms with Gasteiger partial charge in [0.15, 0.2) is 5.96 Å².